The van der Waals surface area contributed by atoms with Crippen LogP contribution in [-0.2, 0) is 32.6 Å². The molecule has 1 N–H and O–H groups in total. The zero-order valence-corrected chi connectivity index (χ0v) is 29.0. The number of rotatable bonds is 13. The zero-order chi connectivity index (χ0) is 33.4. The van der Waals surface area contributed by atoms with Gasteiger partial charge in [-0.3, -0.25) is 13.9 Å². The van der Waals surface area contributed by atoms with E-state index in [-0.39, 0.29) is 45.4 Å². The molecule has 0 fully saturated rings. The van der Waals surface area contributed by atoms with E-state index in [1.54, 1.807) is 36.4 Å². The predicted molar refractivity (Wildman–Crippen MR) is 186 cm³/mol. The average molecular weight is 722 g/mol. The van der Waals surface area contributed by atoms with Gasteiger partial charge in [-0.1, -0.05) is 115 Å². The Labute approximate surface area is 290 Å². The number of hydrogen-bond donors (Lipinski definition) is 1. The maximum atomic E-state index is 14.5. The molecule has 0 aliphatic carbocycles. The van der Waals surface area contributed by atoms with Gasteiger partial charge in [0.2, 0.25) is 11.8 Å². The molecule has 0 spiro atoms. The lowest BCUT2D eigenvalue weighted by atomic mass is 10.0. The maximum Gasteiger partial charge on any atom is 0.264 e. The minimum absolute atomic E-state index is 0.0309. The van der Waals surface area contributed by atoms with Crippen molar-refractivity contribution in [2.45, 2.75) is 37.8 Å². The Morgan fingerprint density at radius 2 is 1.43 bits per heavy atom. The summed E-state index contributed by atoms with van der Waals surface area (Å²) in [5.41, 5.74) is 1.46. The van der Waals surface area contributed by atoms with Crippen molar-refractivity contribution < 1.29 is 18.0 Å². The van der Waals surface area contributed by atoms with Crippen LogP contribution in [0.25, 0.3) is 0 Å². The summed E-state index contributed by atoms with van der Waals surface area (Å²) >= 11 is 25.2. The lowest BCUT2D eigenvalue weighted by Crippen LogP contribution is -2.53. The summed E-state index contributed by atoms with van der Waals surface area (Å²) in [5.74, 6) is -0.877. The number of benzene rings is 4. The first-order chi connectivity index (χ1) is 21.9. The molecule has 4 aromatic carbocycles. The molecule has 46 heavy (non-hydrogen) atoms. The molecule has 2 amide bonds. The number of carbonyl (C=O) groups excluding carboxylic acids is 2. The van der Waals surface area contributed by atoms with Gasteiger partial charge in [-0.2, -0.15) is 0 Å². The third-order valence-corrected chi connectivity index (χ3v) is 10.2. The van der Waals surface area contributed by atoms with Gasteiger partial charge in [0.05, 0.1) is 20.6 Å². The van der Waals surface area contributed by atoms with Crippen LogP contribution in [0.4, 0.5) is 5.69 Å². The van der Waals surface area contributed by atoms with Gasteiger partial charge in [0, 0.05) is 29.6 Å². The van der Waals surface area contributed by atoms with Crippen molar-refractivity contribution in [1.29, 1.82) is 0 Å². The predicted octanol–water partition coefficient (Wildman–Crippen LogP) is 7.91. The van der Waals surface area contributed by atoms with Crippen LogP contribution in [0.1, 0.15) is 25.0 Å². The van der Waals surface area contributed by atoms with Crippen LogP contribution in [0.3, 0.4) is 0 Å². The molecule has 0 radical (unpaired) electrons. The first-order valence-corrected chi connectivity index (χ1v) is 17.4. The molecule has 1 unspecified atom stereocenters. The van der Waals surface area contributed by atoms with Crippen LogP contribution >= 0.6 is 46.4 Å². The molecule has 0 aliphatic heterocycles. The highest BCUT2D eigenvalue weighted by molar-refractivity contribution is 7.92. The topological polar surface area (TPSA) is 86.8 Å². The Morgan fingerprint density at radius 3 is 2.04 bits per heavy atom. The summed E-state index contributed by atoms with van der Waals surface area (Å²) in [6, 6.07) is 25.2. The standard InChI is InChI=1S/C34H33Cl4N3O4S/c1-23(2)20-39-34(43)32(17-24-9-5-3-6-10-24)40(21-25-13-14-26(35)18-30(25)37)33(42)22-41(27-15-16-29(36)31(38)19-27)46(44,45)28-11-7-4-8-12-28/h3-16,18-19,23,32H,17,20-22H2,1-2H3,(H,39,43). The van der Waals surface area contributed by atoms with E-state index in [1.165, 1.54) is 35.2 Å². The third kappa shape index (κ3) is 9.17. The fraction of sp³-hybridized carbons (Fsp3) is 0.235. The Hall–Kier alpha value is -3.27. The van der Waals surface area contributed by atoms with Gasteiger partial charge in [0.25, 0.3) is 10.0 Å². The van der Waals surface area contributed by atoms with E-state index in [1.807, 2.05) is 44.2 Å². The van der Waals surface area contributed by atoms with Crippen molar-refractivity contribution in [1.82, 2.24) is 10.2 Å². The average Bonchev–Trinajstić information content (AvgIpc) is 3.03. The van der Waals surface area contributed by atoms with E-state index in [2.05, 4.69) is 5.32 Å². The third-order valence-electron chi connectivity index (χ3n) is 7.11. The number of nitrogens with zero attached hydrogens (tertiary/aromatic N) is 2. The van der Waals surface area contributed by atoms with Crippen molar-refractivity contribution in [3.8, 4) is 0 Å². The summed E-state index contributed by atoms with van der Waals surface area (Å²) < 4.78 is 29.1. The molecule has 0 aliphatic rings. The Kier molecular flexibility index (Phi) is 12.4. The molecule has 242 valence electrons. The smallest absolute Gasteiger partial charge is 0.264 e. The first-order valence-electron chi connectivity index (χ1n) is 14.4. The monoisotopic (exact) mass is 719 g/mol. The quantitative estimate of drug-likeness (QED) is 0.152. The second-order valence-corrected chi connectivity index (χ2v) is 14.5. The van der Waals surface area contributed by atoms with Crippen molar-refractivity contribution in [3.05, 3.63) is 128 Å². The fourth-order valence-corrected chi connectivity index (χ4v) is 6.89. The zero-order valence-electron chi connectivity index (χ0n) is 25.2. The van der Waals surface area contributed by atoms with Crippen LogP contribution in [-0.4, -0.2) is 44.3 Å². The van der Waals surface area contributed by atoms with Crippen molar-refractivity contribution >= 4 is 73.9 Å². The number of halogens is 4. The Balaban J connectivity index is 1.83. The highest BCUT2D eigenvalue weighted by atomic mass is 35.5. The molecule has 0 bridgehead atoms. The summed E-state index contributed by atoms with van der Waals surface area (Å²) in [5, 5.41) is 3.98. The van der Waals surface area contributed by atoms with Crippen molar-refractivity contribution in [2.24, 2.45) is 5.92 Å². The van der Waals surface area contributed by atoms with Gasteiger partial charge in [-0.15, -0.1) is 0 Å². The normalized spacial score (nSPS) is 12.1. The summed E-state index contributed by atoms with van der Waals surface area (Å²) in [4.78, 5) is 29.7. The van der Waals surface area contributed by atoms with E-state index in [0.29, 0.717) is 22.2 Å². The molecule has 0 heterocycles. The van der Waals surface area contributed by atoms with Crippen molar-refractivity contribution in [2.75, 3.05) is 17.4 Å². The van der Waals surface area contributed by atoms with Crippen LogP contribution < -0.4 is 9.62 Å². The van der Waals surface area contributed by atoms with Gasteiger partial charge >= 0.3 is 0 Å². The lowest BCUT2D eigenvalue weighted by molar-refractivity contribution is -0.140. The number of hydrogen-bond acceptors (Lipinski definition) is 4. The summed E-state index contributed by atoms with van der Waals surface area (Å²) in [6.07, 6.45) is 0.167. The molecule has 0 saturated heterocycles. The van der Waals surface area contributed by atoms with E-state index < -0.39 is 28.5 Å². The van der Waals surface area contributed by atoms with Crippen LogP contribution in [0.2, 0.25) is 20.1 Å². The number of nitrogens with one attached hydrogen (secondary N) is 1. The van der Waals surface area contributed by atoms with E-state index in [0.717, 1.165) is 9.87 Å². The van der Waals surface area contributed by atoms with Gasteiger partial charge < -0.3 is 10.2 Å². The van der Waals surface area contributed by atoms with Crippen molar-refractivity contribution in [3.63, 3.8) is 0 Å². The molecular formula is C34H33Cl4N3O4S. The second kappa shape index (κ2) is 16.0. The number of amides is 2. The highest BCUT2D eigenvalue weighted by Crippen LogP contribution is 2.31. The number of carbonyl (C=O) groups is 2. The maximum absolute atomic E-state index is 14.5. The number of anilines is 1. The second-order valence-electron chi connectivity index (χ2n) is 11.0. The molecule has 0 saturated carbocycles. The Morgan fingerprint density at radius 1 is 0.783 bits per heavy atom. The van der Waals surface area contributed by atoms with E-state index in [4.69, 9.17) is 46.4 Å². The largest absolute Gasteiger partial charge is 0.354 e. The Bertz CT molecular complexity index is 1770. The molecule has 12 heteroatoms. The van der Waals surface area contributed by atoms with Gasteiger partial charge in [0.1, 0.15) is 12.6 Å². The molecular weight excluding hydrogens is 688 g/mol. The van der Waals surface area contributed by atoms with E-state index in [9.17, 15) is 18.0 Å². The molecule has 7 nitrogen and oxygen atoms in total. The summed E-state index contributed by atoms with van der Waals surface area (Å²) in [7, 11) is -4.29. The molecule has 4 rings (SSSR count). The van der Waals surface area contributed by atoms with Crippen LogP contribution in [0, 0.1) is 5.92 Å². The van der Waals surface area contributed by atoms with Gasteiger partial charge in [-0.25, -0.2) is 8.42 Å². The first kappa shape index (κ1) is 35.6. The summed E-state index contributed by atoms with van der Waals surface area (Å²) in [6.45, 7) is 3.57. The van der Waals surface area contributed by atoms with Crippen LogP contribution in [0.15, 0.2) is 102 Å². The SMILES string of the molecule is CC(C)CNC(=O)C(Cc1ccccc1)N(Cc1ccc(Cl)cc1Cl)C(=O)CN(c1ccc(Cl)c(Cl)c1)S(=O)(=O)c1ccccc1. The minimum atomic E-state index is -4.29. The molecule has 4 aromatic rings. The van der Waals surface area contributed by atoms with E-state index >= 15 is 0 Å². The van der Waals surface area contributed by atoms with Gasteiger partial charge in [0.15, 0.2) is 0 Å². The molecule has 0 aromatic heterocycles. The molecule has 1 atom stereocenters. The van der Waals surface area contributed by atoms with Crippen LogP contribution in [0.5, 0.6) is 0 Å². The highest BCUT2D eigenvalue weighted by Gasteiger charge is 2.35. The fourth-order valence-electron chi connectivity index (χ4n) is 4.70. The van der Waals surface area contributed by atoms with Gasteiger partial charge in [-0.05, 0) is 59.5 Å². The number of sulfonamides is 1. The minimum Gasteiger partial charge on any atom is -0.354 e. The lowest BCUT2D eigenvalue weighted by Gasteiger charge is -2.34.